The number of aromatic nitrogens is 1. The van der Waals surface area contributed by atoms with Gasteiger partial charge in [-0.3, -0.25) is 4.98 Å². The fourth-order valence-electron chi connectivity index (χ4n) is 2.09. The number of anilines is 1. The van der Waals surface area contributed by atoms with Gasteiger partial charge in [0.25, 0.3) is 0 Å². The van der Waals surface area contributed by atoms with Crippen LogP contribution in [0.1, 0.15) is 23.7 Å². The molecule has 0 spiro atoms. The summed E-state index contributed by atoms with van der Waals surface area (Å²) in [6.07, 6.45) is 2.90. The highest BCUT2D eigenvalue weighted by molar-refractivity contribution is 5.47. The van der Waals surface area contributed by atoms with Gasteiger partial charge >= 0.3 is 0 Å². The molecule has 1 aromatic heterocycles. The zero-order chi connectivity index (χ0) is 13.7. The summed E-state index contributed by atoms with van der Waals surface area (Å²) >= 11 is 0. The molecule has 19 heavy (non-hydrogen) atoms. The van der Waals surface area contributed by atoms with Crippen molar-refractivity contribution in [2.24, 2.45) is 5.73 Å². The van der Waals surface area contributed by atoms with Crippen LogP contribution in [0.15, 0.2) is 42.6 Å². The van der Waals surface area contributed by atoms with Crippen LogP contribution < -0.4 is 10.6 Å². The van der Waals surface area contributed by atoms with Gasteiger partial charge in [-0.05, 0) is 41.8 Å². The molecule has 0 radical (unpaired) electrons. The minimum Gasteiger partial charge on any atom is -0.370 e. The summed E-state index contributed by atoms with van der Waals surface area (Å²) in [5, 5.41) is 0. The second-order valence-corrected chi connectivity index (χ2v) is 4.74. The molecule has 2 N–H and O–H groups in total. The molecule has 1 aromatic carbocycles. The van der Waals surface area contributed by atoms with Crippen LogP contribution in [0.3, 0.4) is 0 Å². The fraction of sp³-hybridized carbons (Fsp3) is 0.312. The summed E-state index contributed by atoms with van der Waals surface area (Å²) in [6.45, 7) is 3.52. The van der Waals surface area contributed by atoms with Gasteiger partial charge in [0.1, 0.15) is 0 Å². The van der Waals surface area contributed by atoms with Crippen LogP contribution >= 0.6 is 0 Å². The molecule has 0 atom stereocenters. The van der Waals surface area contributed by atoms with Crippen molar-refractivity contribution in [1.29, 1.82) is 0 Å². The zero-order valence-corrected chi connectivity index (χ0v) is 11.6. The maximum atomic E-state index is 5.62. The van der Waals surface area contributed by atoms with Gasteiger partial charge in [-0.2, -0.15) is 0 Å². The summed E-state index contributed by atoms with van der Waals surface area (Å²) in [5.41, 5.74) is 10.4. The molecule has 1 heterocycles. The van der Waals surface area contributed by atoms with Gasteiger partial charge in [0.2, 0.25) is 0 Å². The van der Waals surface area contributed by atoms with E-state index in [1.54, 1.807) is 0 Å². The molecule has 2 aromatic rings. The van der Waals surface area contributed by atoms with Crippen LogP contribution in [0.5, 0.6) is 0 Å². The van der Waals surface area contributed by atoms with Crippen LogP contribution in [0.25, 0.3) is 0 Å². The van der Waals surface area contributed by atoms with Gasteiger partial charge in [-0.1, -0.05) is 19.1 Å². The average molecular weight is 255 g/mol. The Bertz CT molecular complexity index is 520. The van der Waals surface area contributed by atoms with Gasteiger partial charge in [-0.25, -0.2) is 0 Å². The summed E-state index contributed by atoms with van der Waals surface area (Å²) in [4.78, 5) is 6.45. The van der Waals surface area contributed by atoms with Gasteiger partial charge in [0, 0.05) is 32.0 Å². The molecule has 0 fully saturated rings. The van der Waals surface area contributed by atoms with Crippen molar-refractivity contribution < 1.29 is 0 Å². The van der Waals surface area contributed by atoms with E-state index in [1.165, 1.54) is 16.8 Å². The molecule has 3 heteroatoms. The largest absolute Gasteiger partial charge is 0.370 e. The monoisotopic (exact) mass is 255 g/mol. The third kappa shape index (κ3) is 3.55. The maximum Gasteiger partial charge on any atom is 0.0542 e. The second kappa shape index (κ2) is 6.34. The molecule has 0 aliphatic carbocycles. The summed E-state index contributed by atoms with van der Waals surface area (Å²) in [7, 11) is 2.10. The van der Waals surface area contributed by atoms with Crippen molar-refractivity contribution in [2.45, 2.75) is 26.4 Å². The number of hydrogen-bond donors (Lipinski definition) is 1. The third-order valence-electron chi connectivity index (χ3n) is 3.30. The number of aryl methyl sites for hydroxylation is 1. The van der Waals surface area contributed by atoms with Crippen molar-refractivity contribution in [3.8, 4) is 0 Å². The summed E-state index contributed by atoms with van der Waals surface area (Å²) in [6, 6.07) is 12.8. The molecule has 0 aliphatic rings. The Hall–Kier alpha value is -1.87. The highest BCUT2D eigenvalue weighted by Crippen LogP contribution is 2.16. The molecular formula is C16H21N3. The van der Waals surface area contributed by atoms with E-state index in [0.717, 1.165) is 18.7 Å². The van der Waals surface area contributed by atoms with Crippen molar-refractivity contribution in [3.05, 3.63) is 59.4 Å². The highest BCUT2D eigenvalue weighted by atomic mass is 15.1. The quantitative estimate of drug-likeness (QED) is 0.893. The fourth-order valence-corrected chi connectivity index (χ4v) is 2.09. The number of hydrogen-bond acceptors (Lipinski definition) is 3. The Morgan fingerprint density at radius 2 is 1.84 bits per heavy atom. The van der Waals surface area contributed by atoms with Gasteiger partial charge in [0.15, 0.2) is 0 Å². The first kappa shape index (κ1) is 13.6. The van der Waals surface area contributed by atoms with Crippen LogP contribution in [0.2, 0.25) is 0 Å². The lowest BCUT2D eigenvalue weighted by molar-refractivity contribution is 0.902. The first-order valence-corrected chi connectivity index (χ1v) is 6.67. The molecule has 0 aliphatic heterocycles. The van der Waals surface area contributed by atoms with Crippen LogP contribution in [0.4, 0.5) is 5.69 Å². The normalized spacial score (nSPS) is 10.5. The van der Waals surface area contributed by atoms with Crippen molar-refractivity contribution in [3.63, 3.8) is 0 Å². The number of nitrogens with two attached hydrogens (primary N) is 1. The van der Waals surface area contributed by atoms with E-state index in [0.29, 0.717) is 6.54 Å². The number of nitrogens with zero attached hydrogens (tertiary/aromatic N) is 2. The van der Waals surface area contributed by atoms with E-state index in [9.17, 15) is 0 Å². The molecule has 0 saturated heterocycles. The minimum absolute atomic E-state index is 0.489. The predicted octanol–water partition coefficient (Wildman–Crippen LogP) is 2.74. The molecule has 3 nitrogen and oxygen atoms in total. The molecule has 0 amide bonds. The Balaban J connectivity index is 2.08. The van der Waals surface area contributed by atoms with Crippen LogP contribution in [-0.2, 0) is 19.5 Å². The lowest BCUT2D eigenvalue weighted by Crippen LogP contribution is -2.16. The predicted molar refractivity (Wildman–Crippen MR) is 80.1 cm³/mol. The van der Waals surface area contributed by atoms with E-state index in [2.05, 4.69) is 54.2 Å². The second-order valence-electron chi connectivity index (χ2n) is 4.74. The van der Waals surface area contributed by atoms with Gasteiger partial charge < -0.3 is 10.6 Å². The van der Waals surface area contributed by atoms with E-state index < -0.39 is 0 Å². The van der Waals surface area contributed by atoms with Gasteiger partial charge in [0.05, 0.1) is 5.69 Å². The topological polar surface area (TPSA) is 42.2 Å². The zero-order valence-electron chi connectivity index (χ0n) is 11.6. The molecule has 0 saturated carbocycles. The van der Waals surface area contributed by atoms with Gasteiger partial charge in [-0.15, -0.1) is 0 Å². The molecular weight excluding hydrogens is 234 g/mol. The Labute approximate surface area is 115 Å². The average Bonchev–Trinajstić information content (AvgIpc) is 2.47. The molecule has 100 valence electrons. The molecule has 0 unspecified atom stereocenters. The lowest BCUT2D eigenvalue weighted by Gasteiger charge is -2.20. The smallest absolute Gasteiger partial charge is 0.0542 e. The third-order valence-corrected chi connectivity index (χ3v) is 3.30. The Kier molecular flexibility index (Phi) is 4.53. The van der Waals surface area contributed by atoms with E-state index >= 15 is 0 Å². The Morgan fingerprint density at radius 3 is 2.47 bits per heavy atom. The van der Waals surface area contributed by atoms with Crippen LogP contribution in [0, 0.1) is 0 Å². The number of pyridine rings is 1. The number of benzene rings is 1. The SMILES string of the molecule is CCc1ccc(N(C)Cc2ccnc(CN)c2)cc1. The highest BCUT2D eigenvalue weighted by Gasteiger charge is 2.03. The van der Waals surface area contributed by atoms with E-state index in [4.69, 9.17) is 5.73 Å². The standard InChI is InChI=1S/C16H21N3/c1-3-13-4-6-16(7-5-13)19(2)12-14-8-9-18-15(10-14)11-17/h4-10H,3,11-12,17H2,1-2H3. The van der Waals surface area contributed by atoms with Crippen molar-refractivity contribution in [1.82, 2.24) is 4.98 Å². The van der Waals surface area contributed by atoms with E-state index in [1.807, 2.05) is 12.3 Å². The lowest BCUT2D eigenvalue weighted by atomic mass is 10.1. The first-order valence-electron chi connectivity index (χ1n) is 6.67. The first-order chi connectivity index (χ1) is 9.22. The van der Waals surface area contributed by atoms with Crippen molar-refractivity contribution >= 4 is 5.69 Å². The molecule has 2 rings (SSSR count). The van der Waals surface area contributed by atoms with E-state index in [-0.39, 0.29) is 0 Å². The Morgan fingerprint density at radius 1 is 1.11 bits per heavy atom. The summed E-state index contributed by atoms with van der Waals surface area (Å²) in [5.74, 6) is 0. The summed E-state index contributed by atoms with van der Waals surface area (Å²) < 4.78 is 0. The molecule has 0 bridgehead atoms. The van der Waals surface area contributed by atoms with Crippen molar-refractivity contribution in [2.75, 3.05) is 11.9 Å². The number of rotatable bonds is 5. The van der Waals surface area contributed by atoms with Crippen LogP contribution in [-0.4, -0.2) is 12.0 Å². The minimum atomic E-state index is 0.489. The maximum absolute atomic E-state index is 5.62.